The van der Waals surface area contributed by atoms with E-state index in [2.05, 4.69) is 10.2 Å². The largest absolute Gasteiger partial charge is 0.394 e. The Morgan fingerprint density at radius 2 is 2.30 bits per heavy atom. The van der Waals surface area contributed by atoms with Crippen molar-refractivity contribution < 1.29 is 5.11 Å². The molecule has 1 rings (SSSR count). The Bertz CT molecular complexity index is 130. The molecule has 5 heteroatoms. The monoisotopic (exact) mass is 140 g/mol. The first-order valence-corrected chi connectivity index (χ1v) is 3.46. The Hall–Kier alpha value is -0.575. The second-order valence-corrected chi connectivity index (χ2v) is 2.54. The van der Waals surface area contributed by atoms with Crippen LogP contribution in [0.2, 0.25) is 5.82 Å². The van der Waals surface area contributed by atoms with E-state index in [1.807, 2.05) is 0 Å². The Balaban J connectivity index is 2.26. The number of aliphatic hydroxyl groups is 1. The number of hydrogen-bond donors (Lipinski definition) is 2. The van der Waals surface area contributed by atoms with Crippen LogP contribution in [0.3, 0.4) is 0 Å². The lowest BCUT2D eigenvalue weighted by Crippen LogP contribution is -2.12. The van der Waals surface area contributed by atoms with Crippen LogP contribution in [0.4, 0.5) is 0 Å². The van der Waals surface area contributed by atoms with Crippen LogP contribution in [0, 0.1) is 0 Å². The van der Waals surface area contributed by atoms with Gasteiger partial charge in [0.1, 0.15) is 0 Å². The number of hydrogen-bond acceptors (Lipinski definition) is 3. The van der Waals surface area contributed by atoms with Gasteiger partial charge in [-0.15, -0.1) is 0 Å². The molecule has 1 radical (unpaired) electrons. The van der Waals surface area contributed by atoms with E-state index in [1.165, 1.54) is 0 Å². The lowest BCUT2D eigenvalue weighted by Gasteiger charge is -2.07. The third-order valence-corrected chi connectivity index (χ3v) is 1.86. The molecule has 4 nitrogen and oxygen atoms in total. The fourth-order valence-corrected chi connectivity index (χ4v) is 1.27. The van der Waals surface area contributed by atoms with E-state index in [0.29, 0.717) is 0 Å². The normalized spacial score (nSPS) is 33.3. The first kappa shape index (κ1) is 7.53. The molecule has 0 bridgehead atoms. The maximum absolute atomic E-state index is 9.24. The van der Waals surface area contributed by atoms with Gasteiger partial charge in [-0.3, -0.25) is 0 Å². The van der Waals surface area contributed by atoms with Crippen LogP contribution in [-0.4, -0.2) is 18.6 Å². The minimum atomic E-state index is -0.231. The zero-order valence-corrected chi connectivity index (χ0v) is 5.77. The van der Waals surface area contributed by atoms with Crippen molar-refractivity contribution in [1.29, 1.82) is 0 Å². The summed E-state index contributed by atoms with van der Waals surface area (Å²) in [4.78, 5) is 0. The molecule has 0 amide bonds. The SMILES string of the molecule is N/N=N/[B][C@@H]1CCC[C@@H]1O. The molecule has 10 heavy (non-hydrogen) atoms. The van der Waals surface area contributed by atoms with Gasteiger partial charge in [-0.1, -0.05) is 18.1 Å². The van der Waals surface area contributed by atoms with Crippen molar-refractivity contribution in [2.75, 3.05) is 0 Å². The van der Waals surface area contributed by atoms with Gasteiger partial charge in [0, 0.05) is 0 Å². The summed E-state index contributed by atoms with van der Waals surface area (Å²) in [6, 6.07) is 0. The summed E-state index contributed by atoms with van der Waals surface area (Å²) in [7, 11) is 1.62. The third kappa shape index (κ3) is 1.70. The Morgan fingerprint density at radius 1 is 1.50 bits per heavy atom. The standard InChI is InChI=1S/C5H11BN3O/c7-9-8-6-4-2-1-3-5(4)10/h4-5,10H,1-3H2,(H2,7,8)/t4-,5+/m1/s1. The van der Waals surface area contributed by atoms with Crippen LogP contribution < -0.4 is 5.84 Å². The number of nitrogens with two attached hydrogens (primary N) is 1. The van der Waals surface area contributed by atoms with Gasteiger partial charge in [-0.2, -0.15) is 0 Å². The first-order chi connectivity index (χ1) is 4.84. The molecule has 1 aliphatic rings. The fraction of sp³-hybridized carbons (Fsp3) is 1.00. The van der Waals surface area contributed by atoms with Crippen molar-refractivity contribution in [2.45, 2.75) is 31.2 Å². The van der Waals surface area contributed by atoms with Crippen LogP contribution in [0.25, 0.3) is 0 Å². The molecule has 1 saturated carbocycles. The highest BCUT2D eigenvalue weighted by Gasteiger charge is 2.26. The summed E-state index contributed by atoms with van der Waals surface area (Å²) in [5.41, 5.74) is 0. The van der Waals surface area contributed by atoms with Crippen molar-refractivity contribution in [3.8, 4) is 0 Å². The molecular weight excluding hydrogens is 129 g/mol. The second-order valence-electron chi connectivity index (χ2n) is 2.54. The summed E-state index contributed by atoms with van der Waals surface area (Å²) in [5, 5.41) is 15.9. The Labute approximate surface area is 60.8 Å². The highest BCUT2D eigenvalue weighted by atomic mass is 16.3. The smallest absolute Gasteiger partial charge is 0.314 e. The molecule has 0 aliphatic heterocycles. The van der Waals surface area contributed by atoms with Crippen molar-refractivity contribution in [1.82, 2.24) is 0 Å². The zero-order valence-electron chi connectivity index (χ0n) is 5.77. The minimum absolute atomic E-state index is 0.173. The lowest BCUT2D eigenvalue weighted by atomic mass is 9.74. The molecule has 1 aliphatic carbocycles. The van der Waals surface area contributed by atoms with Crippen molar-refractivity contribution in [2.24, 2.45) is 16.1 Å². The lowest BCUT2D eigenvalue weighted by molar-refractivity contribution is 0.182. The molecule has 55 valence electrons. The molecule has 0 unspecified atom stereocenters. The van der Waals surface area contributed by atoms with E-state index in [0.717, 1.165) is 19.3 Å². The molecule has 1 fully saturated rings. The summed E-state index contributed by atoms with van der Waals surface area (Å²) in [5.74, 6) is 4.97. The molecule has 0 heterocycles. The number of rotatable bonds is 2. The minimum Gasteiger partial charge on any atom is -0.394 e. The molecule has 0 spiro atoms. The fourth-order valence-electron chi connectivity index (χ4n) is 1.27. The predicted molar refractivity (Wildman–Crippen MR) is 38.4 cm³/mol. The van der Waals surface area contributed by atoms with Crippen molar-refractivity contribution in [3.05, 3.63) is 0 Å². The quantitative estimate of drug-likeness (QED) is 0.250. The average Bonchev–Trinajstić information content (AvgIpc) is 2.31. The average molecular weight is 140 g/mol. The summed E-state index contributed by atoms with van der Waals surface area (Å²) < 4.78 is 0. The van der Waals surface area contributed by atoms with Gasteiger partial charge in [-0.25, -0.2) is 5.03 Å². The van der Waals surface area contributed by atoms with Crippen LogP contribution in [0.5, 0.6) is 0 Å². The van der Waals surface area contributed by atoms with Gasteiger partial charge in [0.25, 0.3) is 0 Å². The van der Waals surface area contributed by atoms with Gasteiger partial charge in [0.05, 0.1) is 6.10 Å². The van der Waals surface area contributed by atoms with Crippen LogP contribution >= 0.6 is 0 Å². The molecule has 0 aromatic heterocycles. The van der Waals surface area contributed by atoms with Gasteiger partial charge in [0.2, 0.25) is 0 Å². The highest BCUT2D eigenvalue weighted by Crippen LogP contribution is 2.29. The Kier molecular flexibility index (Phi) is 2.68. The van der Waals surface area contributed by atoms with Gasteiger partial charge >= 0.3 is 7.41 Å². The summed E-state index contributed by atoms with van der Waals surface area (Å²) >= 11 is 0. The maximum atomic E-state index is 9.24. The van der Waals surface area contributed by atoms with E-state index in [-0.39, 0.29) is 11.9 Å². The number of nitrogens with zero attached hydrogens (tertiary/aromatic N) is 2. The predicted octanol–water partition coefficient (Wildman–Crippen LogP) is 0.265. The van der Waals surface area contributed by atoms with E-state index in [9.17, 15) is 5.11 Å². The Morgan fingerprint density at radius 3 is 2.80 bits per heavy atom. The van der Waals surface area contributed by atoms with Crippen molar-refractivity contribution in [3.63, 3.8) is 0 Å². The van der Waals surface area contributed by atoms with E-state index in [4.69, 9.17) is 5.84 Å². The molecule has 0 aromatic carbocycles. The maximum Gasteiger partial charge on any atom is 0.314 e. The summed E-state index contributed by atoms with van der Waals surface area (Å²) in [6.07, 6.45) is 2.72. The van der Waals surface area contributed by atoms with E-state index >= 15 is 0 Å². The molecule has 3 N–H and O–H groups in total. The third-order valence-electron chi connectivity index (χ3n) is 1.86. The molecule has 0 aromatic rings. The van der Waals surface area contributed by atoms with E-state index < -0.39 is 0 Å². The highest BCUT2D eigenvalue weighted by molar-refractivity contribution is 6.35. The summed E-state index contributed by atoms with van der Waals surface area (Å²) in [6.45, 7) is 0. The van der Waals surface area contributed by atoms with Gasteiger partial charge in [0.15, 0.2) is 0 Å². The zero-order chi connectivity index (χ0) is 7.40. The van der Waals surface area contributed by atoms with Crippen molar-refractivity contribution >= 4 is 7.41 Å². The second kappa shape index (κ2) is 3.56. The van der Waals surface area contributed by atoms with Gasteiger partial charge < -0.3 is 10.9 Å². The van der Waals surface area contributed by atoms with Gasteiger partial charge in [-0.05, 0) is 12.2 Å². The molecule has 2 atom stereocenters. The van der Waals surface area contributed by atoms with Crippen LogP contribution in [-0.2, 0) is 0 Å². The van der Waals surface area contributed by atoms with Crippen LogP contribution in [0.15, 0.2) is 10.2 Å². The molecular formula is C5H11BN3O. The first-order valence-electron chi connectivity index (χ1n) is 3.46. The van der Waals surface area contributed by atoms with E-state index in [1.54, 1.807) is 7.41 Å². The molecule has 0 saturated heterocycles. The number of aliphatic hydroxyl groups excluding tert-OH is 1. The van der Waals surface area contributed by atoms with Crippen LogP contribution in [0.1, 0.15) is 19.3 Å². The topological polar surface area (TPSA) is 71.0 Å².